The highest BCUT2D eigenvalue weighted by molar-refractivity contribution is 7.17. The molecule has 5 aromatic rings. The molecule has 8 nitrogen and oxygen atoms in total. The Morgan fingerprint density at radius 3 is 2.71 bits per heavy atom. The monoisotopic (exact) mass is 582 g/mol. The van der Waals surface area contributed by atoms with Crippen molar-refractivity contribution in [2.75, 3.05) is 11.5 Å². The molecule has 210 valence electrons. The van der Waals surface area contributed by atoms with Gasteiger partial charge in [-0.15, -0.1) is 0 Å². The molecule has 42 heavy (non-hydrogen) atoms. The van der Waals surface area contributed by atoms with Gasteiger partial charge in [-0.05, 0) is 48.4 Å². The fourth-order valence-corrected chi connectivity index (χ4v) is 5.84. The van der Waals surface area contributed by atoms with Crippen molar-refractivity contribution in [3.8, 4) is 5.75 Å². The van der Waals surface area contributed by atoms with Crippen LogP contribution < -0.4 is 15.1 Å². The maximum absolute atomic E-state index is 14.2. The Kier molecular flexibility index (Phi) is 7.13. The minimum atomic E-state index is -0.987. The van der Waals surface area contributed by atoms with Gasteiger partial charge in [0.15, 0.2) is 10.6 Å². The molecule has 1 aliphatic heterocycles. The Hall–Kier alpha value is -5.09. The molecule has 0 aliphatic carbocycles. The third-order valence-electron chi connectivity index (χ3n) is 6.76. The van der Waals surface area contributed by atoms with Gasteiger partial charge in [0.2, 0.25) is 5.76 Å². The average Bonchev–Trinajstić information content (AvgIpc) is 3.53. The van der Waals surface area contributed by atoms with E-state index in [1.54, 1.807) is 31.2 Å². The summed E-state index contributed by atoms with van der Waals surface area (Å²) in [7, 11) is 0. The number of benzene rings is 3. The molecule has 3 aromatic carbocycles. The molecule has 2 aromatic heterocycles. The molecule has 1 atom stereocenters. The zero-order chi connectivity index (χ0) is 29.4. The number of hydrogen-bond donors (Lipinski definition) is 0. The number of thiazole rings is 1. The van der Waals surface area contributed by atoms with Crippen molar-refractivity contribution in [2.24, 2.45) is 0 Å². The van der Waals surface area contributed by atoms with E-state index in [1.807, 2.05) is 30.3 Å². The first-order valence-corrected chi connectivity index (χ1v) is 13.8. The van der Waals surface area contributed by atoms with Gasteiger partial charge >= 0.3 is 5.97 Å². The second-order valence-corrected chi connectivity index (χ2v) is 10.5. The Balaban J connectivity index is 1.48. The van der Waals surface area contributed by atoms with Gasteiger partial charge < -0.3 is 13.9 Å². The predicted molar refractivity (Wildman–Crippen MR) is 156 cm³/mol. The molecule has 0 saturated heterocycles. The van der Waals surface area contributed by atoms with Gasteiger partial charge in [-0.2, -0.15) is 0 Å². The summed E-state index contributed by atoms with van der Waals surface area (Å²) in [6, 6.07) is 19.2. The van der Waals surface area contributed by atoms with Crippen LogP contribution in [0.5, 0.6) is 5.75 Å². The molecule has 0 bridgehead atoms. The SMILES string of the molecule is C=CCOC(=O)c1sc(N2C(=O)c3oc4ccc(F)cc4c(=O)c3C2c2cccc(OCc3ccccc3)c2)nc1C. The van der Waals surface area contributed by atoms with Crippen molar-refractivity contribution in [1.29, 1.82) is 0 Å². The Labute approximate surface area is 243 Å². The molecule has 1 unspecified atom stereocenters. The molecule has 0 N–H and O–H groups in total. The molecule has 10 heteroatoms. The van der Waals surface area contributed by atoms with E-state index >= 15 is 0 Å². The number of fused-ring (bicyclic) bond motifs is 2. The third-order valence-corrected chi connectivity index (χ3v) is 7.90. The molecule has 1 amide bonds. The first kappa shape index (κ1) is 27.1. The van der Waals surface area contributed by atoms with Gasteiger partial charge in [-0.25, -0.2) is 14.2 Å². The van der Waals surface area contributed by atoms with Crippen molar-refractivity contribution in [3.63, 3.8) is 0 Å². The topological polar surface area (TPSA) is 98.9 Å². The van der Waals surface area contributed by atoms with Gasteiger partial charge in [-0.1, -0.05) is 66.5 Å². The summed E-state index contributed by atoms with van der Waals surface area (Å²) in [5.41, 5.74) is 1.45. The van der Waals surface area contributed by atoms with E-state index in [-0.39, 0.29) is 38.9 Å². The highest BCUT2D eigenvalue weighted by Gasteiger charge is 2.45. The van der Waals surface area contributed by atoms with Crippen molar-refractivity contribution in [1.82, 2.24) is 4.98 Å². The molecule has 6 rings (SSSR count). The third kappa shape index (κ3) is 4.86. The van der Waals surface area contributed by atoms with E-state index < -0.39 is 29.2 Å². The second-order valence-electron chi connectivity index (χ2n) is 9.54. The number of amides is 1. The minimum Gasteiger partial charge on any atom is -0.489 e. The number of carbonyl (C=O) groups excluding carboxylic acids is 2. The van der Waals surface area contributed by atoms with Crippen LogP contribution in [0.4, 0.5) is 9.52 Å². The molecular weight excluding hydrogens is 559 g/mol. The largest absolute Gasteiger partial charge is 0.489 e. The quantitative estimate of drug-likeness (QED) is 0.155. The Morgan fingerprint density at radius 1 is 1.12 bits per heavy atom. The van der Waals surface area contributed by atoms with Crippen LogP contribution in [-0.2, 0) is 11.3 Å². The molecule has 0 saturated carbocycles. The fourth-order valence-electron chi connectivity index (χ4n) is 4.85. The van der Waals surface area contributed by atoms with Crippen LogP contribution >= 0.6 is 11.3 Å². The standard InChI is InChI=1S/C32H23FN2O6S/c1-3-14-39-31(38)29-18(2)34-32(42-29)35-26(20-10-7-11-22(15-20)40-17-19-8-5-4-6-9-19)25-27(36)23-16-21(33)12-13-24(23)41-28(25)30(35)37/h3-13,15-16,26H,1,14,17H2,2H3. The number of ether oxygens (including phenoxy) is 2. The van der Waals surface area contributed by atoms with E-state index in [4.69, 9.17) is 13.9 Å². The van der Waals surface area contributed by atoms with E-state index in [2.05, 4.69) is 11.6 Å². The van der Waals surface area contributed by atoms with E-state index in [1.165, 1.54) is 17.0 Å². The predicted octanol–water partition coefficient (Wildman–Crippen LogP) is 6.37. The van der Waals surface area contributed by atoms with Crippen molar-refractivity contribution >= 4 is 39.3 Å². The van der Waals surface area contributed by atoms with Crippen LogP contribution in [0.1, 0.15) is 48.7 Å². The van der Waals surface area contributed by atoms with Gasteiger partial charge in [0.1, 0.15) is 35.2 Å². The summed E-state index contributed by atoms with van der Waals surface area (Å²) in [6.45, 7) is 5.50. The number of nitrogens with zero attached hydrogens (tertiary/aromatic N) is 2. The summed E-state index contributed by atoms with van der Waals surface area (Å²) < 4.78 is 31.3. The van der Waals surface area contributed by atoms with Crippen LogP contribution in [0.15, 0.2) is 94.7 Å². The number of halogens is 1. The number of anilines is 1. The van der Waals surface area contributed by atoms with Gasteiger partial charge in [0, 0.05) is 0 Å². The number of carbonyl (C=O) groups is 2. The zero-order valence-electron chi connectivity index (χ0n) is 22.3. The summed E-state index contributed by atoms with van der Waals surface area (Å²) in [5, 5.41) is 0.179. The van der Waals surface area contributed by atoms with Gasteiger partial charge in [0.05, 0.1) is 22.7 Å². The molecule has 0 radical (unpaired) electrons. The maximum atomic E-state index is 14.2. The maximum Gasteiger partial charge on any atom is 0.350 e. The van der Waals surface area contributed by atoms with Crippen molar-refractivity contribution in [2.45, 2.75) is 19.6 Å². The summed E-state index contributed by atoms with van der Waals surface area (Å²) >= 11 is 0.963. The number of rotatable bonds is 8. The second kappa shape index (κ2) is 11.1. The highest BCUT2D eigenvalue weighted by Crippen LogP contribution is 2.43. The van der Waals surface area contributed by atoms with Gasteiger partial charge in [-0.3, -0.25) is 14.5 Å². The Morgan fingerprint density at radius 2 is 1.93 bits per heavy atom. The normalized spacial score (nSPS) is 14.2. The first-order valence-electron chi connectivity index (χ1n) is 13.0. The smallest absolute Gasteiger partial charge is 0.350 e. The lowest BCUT2D eigenvalue weighted by Gasteiger charge is -2.23. The summed E-state index contributed by atoms with van der Waals surface area (Å²) in [6.07, 6.45) is 1.45. The van der Waals surface area contributed by atoms with E-state index in [0.717, 1.165) is 29.0 Å². The van der Waals surface area contributed by atoms with Crippen LogP contribution in [0, 0.1) is 12.7 Å². The molecular formula is C32H23FN2O6S. The number of aromatic nitrogens is 1. The summed E-state index contributed by atoms with van der Waals surface area (Å²) in [5.74, 6) is -1.50. The Bertz CT molecular complexity index is 1920. The number of aryl methyl sites for hydroxylation is 1. The van der Waals surface area contributed by atoms with Crippen molar-refractivity contribution < 1.29 is 27.9 Å². The number of esters is 1. The fraction of sp³-hybridized carbons (Fsp3) is 0.125. The van der Waals surface area contributed by atoms with Gasteiger partial charge in [0.25, 0.3) is 5.91 Å². The van der Waals surface area contributed by atoms with Crippen LogP contribution in [-0.4, -0.2) is 23.5 Å². The lowest BCUT2D eigenvalue weighted by molar-refractivity contribution is 0.0554. The van der Waals surface area contributed by atoms with Crippen LogP contribution in [0.3, 0.4) is 0 Å². The average molecular weight is 583 g/mol. The van der Waals surface area contributed by atoms with Crippen LogP contribution in [0.2, 0.25) is 0 Å². The first-order chi connectivity index (χ1) is 20.4. The number of hydrogen-bond acceptors (Lipinski definition) is 8. The summed E-state index contributed by atoms with van der Waals surface area (Å²) in [4.78, 5) is 46.5. The lowest BCUT2D eigenvalue weighted by atomic mass is 9.98. The van der Waals surface area contributed by atoms with E-state index in [0.29, 0.717) is 23.6 Å². The molecule has 3 heterocycles. The van der Waals surface area contributed by atoms with E-state index in [9.17, 15) is 18.8 Å². The van der Waals surface area contributed by atoms with Crippen molar-refractivity contribution in [3.05, 3.63) is 135 Å². The highest BCUT2D eigenvalue weighted by atomic mass is 32.1. The molecule has 1 aliphatic rings. The minimum absolute atomic E-state index is 0.00823. The molecule has 0 spiro atoms. The van der Waals surface area contributed by atoms with Crippen LogP contribution in [0.25, 0.3) is 11.0 Å². The lowest BCUT2D eigenvalue weighted by Crippen LogP contribution is -2.29. The molecule has 0 fully saturated rings. The zero-order valence-corrected chi connectivity index (χ0v) is 23.2.